The fourth-order valence-corrected chi connectivity index (χ4v) is 3.54. The second kappa shape index (κ2) is 4.19. The minimum Gasteiger partial charge on any atom is -0.629 e. The van der Waals surface area contributed by atoms with Crippen LogP contribution in [-0.4, -0.2) is 6.54 Å². The van der Waals surface area contributed by atoms with Gasteiger partial charge in [0, 0.05) is 5.57 Å². The van der Waals surface area contributed by atoms with Gasteiger partial charge < -0.3 is 10.3 Å². The third-order valence-corrected chi connectivity index (χ3v) is 4.40. The molecule has 19 heavy (non-hydrogen) atoms. The van der Waals surface area contributed by atoms with Crippen LogP contribution in [0, 0.1) is 5.21 Å². The quantitative estimate of drug-likeness (QED) is 0.658. The molecule has 0 spiro atoms. The van der Waals surface area contributed by atoms with E-state index in [4.69, 9.17) is 0 Å². The number of hydrogen-bond acceptors (Lipinski definition) is 1. The third-order valence-electron chi connectivity index (χ3n) is 4.40. The predicted molar refractivity (Wildman–Crippen MR) is 76.2 cm³/mol. The van der Waals surface area contributed by atoms with E-state index in [1.54, 1.807) is 0 Å². The van der Waals surface area contributed by atoms with Crippen molar-refractivity contribution in [3.05, 3.63) is 75.2 Å². The molecule has 4 rings (SSSR count). The van der Waals surface area contributed by atoms with Gasteiger partial charge in [0.05, 0.1) is 0 Å². The Morgan fingerprint density at radius 1 is 1.05 bits per heavy atom. The number of rotatable bonds is 0. The summed E-state index contributed by atoms with van der Waals surface area (Å²) in [6, 6.07) is 0. The molecule has 4 aliphatic rings. The van der Waals surface area contributed by atoms with Gasteiger partial charge in [0.1, 0.15) is 12.7 Å². The Bertz CT molecular complexity index is 626. The molecule has 3 aliphatic carbocycles. The van der Waals surface area contributed by atoms with Crippen molar-refractivity contribution in [3.8, 4) is 0 Å². The van der Waals surface area contributed by atoms with Crippen LogP contribution in [0.5, 0.6) is 0 Å². The Hall–Kier alpha value is -1.64. The zero-order chi connectivity index (χ0) is 12.8. The van der Waals surface area contributed by atoms with Crippen LogP contribution in [0.2, 0.25) is 0 Å². The average Bonchev–Trinajstić information content (AvgIpc) is 2.59. The van der Waals surface area contributed by atoms with E-state index >= 15 is 0 Å². The third kappa shape index (κ3) is 1.71. The van der Waals surface area contributed by atoms with E-state index in [1.807, 2.05) is 6.20 Å². The molecule has 0 aromatic rings. The van der Waals surface area contributed by atoms with Gasteiger partial charge in [-0.25, -0.2) is 0 Å². The summed E-state index contributed by atoms with van der Waals surface area (Å²) in [5, 5.41) is 12.3. The van der Waals surface area contributed by atoms with Gasteiger partial charge in [0.15, 0.2) is 0 Å². The van der Waals surface area contributed by atoms with Gasteiger partial charge in [-0.2, -0.15) is 0 Å². The SMILES string of the molecule is [O-][NH+]1C=C2C3=C(CC=C4C=CCC(=C42)C1)CCC=C3. The molecule has 0 bridgehead atoms. The van der Waals surface area contributed by atoms with Crippen LogP contribution in [0.3, 0.4) is 0 Å². The first kappa shape index (κ1) is 11.2. The maximum Gasteiger partial charge on any atom is 0.104 e. The summed E-state index contributed by atoms with van der Waals surface area (Å²) < 4.78 is 0. The molecule has 1 aliphatic heterocycles. The molecular formula is C17H17NO. The van der Waals surface area contributed by atoms with Crippen LogP contribution in [0.15, 0.2) is 70.0 Å². The van der Waals surface area contributed by atoms with E-state index in [1.165, 1.54) is 33.4 Å². The Balaban J connectivity index is 1.95. The summed E-state index contributed by atoms with van der Waals surface area (Å²) >= 11 is 0. The van der Waals surface area contributed by atoms with Gasteiger partial charge >= 0.3 is 0 Å². The Morgan fingerprint density at radius 2 is 2.00 bits per heavy atom. The lowest BCUT2D eigenvalue weighted by atomic mass is 9.82. The van der Waals surface area contributed by atoms with Gasteiger partial charge in [0.25, 0.3) is 0 Å². The number of fused-ring (bicyclic) bond motifs is 1. The average molecular weight is 251 g/mol. The van der Waals surface area contributed by atoms with E-state index in [9.17, 15) is 5.21 Å². The molecule has 0 aromatic carbocycles. The Labute approximate surface area is 113 Å². The van der Waals surface area contributed by atoms with Gasteiger partial charge in [0.2, 0.25) is 0 Å². The lowest BCUT2D eigenvalue weighted by Gasteiger charge is -2.31. The minimum atomic E-state index is 0.260. The molecule has 0 fully saturated rings. The molecule has 2 nitrogen and oxygen atoms in total. The number of hydroxylamine groups is 2. The van der Waals surface area contributed by atoms with Gasteiger partial charge in [-0.15, -0.1) is 0 Å². The highest BCUT2D eigenvalue weighted by molar-refractivity contribution is 5.68. The van der Waals surface area contributed by atoms with E-state index < -0.39 is 0 Å². The zero-order valence-electron chi connectivity index (χ0n) is 10.9. The van der Waals surface area contributed by atoms with Crippen molar-refractivity contribution in [2.24, 2.45) is 0 Å². The minimum absolute atomic E-state index is 0.260. The van der Waals surface area contributed by atoms with Crippen molar-refractivity contribution < 1.29 is 5.06 Å². The summed E-state index contributed by atoms with van der Waals surface area (Å²) in [6.07, 6.45) is 17.3. The van der Waals surface area contributed by atoms with Crippen molar-refractivity contribution in [1.29, 1.82) is 0 Å². The zero-order valence-corrected chi connectivity index (χ0v) is 10.9. The lowest BCUT2D eigenvalue weighted by Crippen LogP contribution is -3.03. The summed E-state index contributed by atoms with van der Waals surface area (Å²) in [6.45, 7) is 0.604. The normalized spacial score (nSPS) is 28.6. The number of hydrogen-bond donors (Lipinski definition) is 1. The molecule has 1 atom stereocenters. The monoisotopic (exact) mass is 251 g/mol. The van der Waals surface area contributed by atoms with Crippen LogP contribution in [0.4, 0.5) is 0 Å². The molecule has 1 N–H and O–H groups in total. The number of allylic oxidation sites excluding steroid dienone is 10. The highest BCUT2D eigenvalue weighted by Crippen LogP contribution is 2.41. The van der Waals surface area contributed by atoms with Crippen molar-refractivity contribution in [3.63, 3.8) is 0 Å². The Kier molecular flexibility index (Phi) is 2.47. The van der Waals surface area contributed by atoms with Gasteiger partial charge in [-0.05, 0) is 48.0 Å². The maximum absolute atomic E-state index is 12.0. The molecule has 96 valence electrons. The second-order valence-corrected chi connectivity index (χ2v) is 5.61. The van der Waals surface area contributed by atoms with Gasteiger partial charge in [-0.1, -0.05) is 36.0 Å². The molecule has 1 heterocycles. The summed E-state index contributed by atoms with van der Waals surface area (Å²) in [5.74, 6) is 0. The molecule has 0 saturated heterocycles. The summed E-state index contributed by atoms with van der Waals surface area (Å²) in [7, 11) is 0. The number of nitrogens with one attached hydrogen (secondary N) is 1. The first-order valence-corrected chi connectivity index (χ1v) is 7.06. The molecule has 0 radical (unpaired) electrons. The van der Waals surface area contributed by atoms with Crippen molar-refractivity contribution in [1.82, 2.24) is 0 Å². The summed E-state index contributed by atoms with van der Waals surface area (Å²) in [4.78, 5) is 0. The predicted octanol–water partition coefficient (Wildman–Crippen LogP) is 2.50. The molecular weight excluding hydrogens is 234 g/mol. The Morgan fingerprint density at radius 3 is 2.95 bits per heavy atom. The van der Waals surface area contributed by atoms with Crippen LogP contribution >= 0.6 is 0 Å². The first-order valence-electron chi connectivity index (χ1n) is 7.06. The lowest BCUT2D eigenvalue weighted by molar-refractivity contribution is -0.786. The number of quaternary nitrogens is 1. The molecule has 0 amide bonds. The van der Waals surface area contributed by atoms with Crippen molar-refractivity contribution >= 4 is 0 Å². The van der Waals surface area contributed by atoms with Crippen LogP contribution in [0.1, 0.15) is 25.7 Å². The molecule has 0 saturated carbocycles. The molecule has 0 aromatic heterocycles. The first-order chi connectivity index (χ1) is 9.33. The molecule has 1 unspecified atom stereocenters. The van der Waals surface area contributed by atoms with E-state index in [2.05, 4.69) is 30.4 Å². The van der Waals surface area contributed by atoms with Crippen LogP contribution in [0.25, 0.3) is 0 Å². The standard InChI is InChI=1S/C17H17NO/c19-18-10-14-6-3-5-13-9-8-12-4-1-2-7-15(12)16(11-18)17(13)14/h2-3,5,7,9,11,18H,1,4,6,8,10H2. The van der Waals surface area contributed by atoms with Crippen molar-refractivity contribution in [2.75, 3.05) is 6.54 Å². The fraction of sp³-hybridized carbons (Fsp3) is 0.294. The van der Waals surface area contributed by atoms with E-state index in [0.29, 0.717) is 6.54 Å². The van der Waals surface area contributed by atoms with Crippen molar-refractivity contribution in [2.45, 2.75) is 25.7 Å². The largest absolute Gasteiger partial charge is 0.629 e. The van der Waals surface area contributed by atoms with Gasteiger partial charge in [-0.3, -0.25) is 0 Å². The smallest absolute Gasteiger partial charge is 0.104 e. The van der Waals surface area contributed by atoms with Crippen LogP contribution < -0.4 is 5.06 Å². The van der Waals surface area contributed by atoms with Crippen LogP contribution in [-0.2, 0) is 0 Å². The topological polar surface area (TPSA) is 27.5 Å². The van der Waals surface area contributed by atoms with E-state index in [-0.39, 0.29) is 5.06 Å². The molecule has 2 heteroatoms. The second-order valence-electron chi connectivity index (χ2n) is 5.61. The highest BCUT2D eigenvalue weighted by Gasteiger charge is 2.29. The highest BCUT2D eigenvalue weighted by atomic mass is 16.5. The van der Waals surface area contributed by atoms with E-state index in [0.717, 1.165) is 25.7 Å². The summed E-state index contributed by atoms with van der Waals surface area (Å²) in [5.41, 5.74) is 7.97. The fourth-order valence-electron chi connectivity index (χ4n) is 3.54. The maximum atomic E-state index is 12.0.